The maximum atomic E-state index is 10.9. The van der Waals surface area contributed by atoms with Crippen molar-refractivity contribution in [2.45, 2.75) is 13.0 Å². The minimum absolute atomic E-state index is 0.0757. The highest BCUT2D eigenvalue weighted by molar-refractivity contribution is 5.94. The Kier molecular flexibility index (Phi) is 2.57. The lowest BCUT2D eigenvalue weighted by atomic mass is 10.3. The van der Waals surface area contributed by atoms with Crippen LogP contribution in [-0.2, 0) is 16.1 Å². The summed E-state index contributed by atoms with van der Waals surface area (Å²) in [4.78, 5) is 24.7. The molecular formula is C7H8N2O3. The van der Waals surface area contributed by atoms with Gasteiger partial charge in [-0.3, -0.25) is 9.59 Å². The van der Waals surface area contributed by atoms with Gasteiger partial charge in [-0.2, -0.15) is 0 Å². The fourth-order valence-electron chi connectivity index (χ4n) is 0.808. The zero-order valence-electron chi connectivity index (χ0n) is 6.30. The highest BCUT2D eigenvalue weighted by atomic mass is 16.4. The number of Topliss-reactive ketones (excluding diaryl/α,β-unsaturated/α-hetero) is 1. The van der Waals surface area contributed by atoms with Crippen LogP contribution in [-0.4, -0.2) is 26.4 Å². The zero-order valence-corrected chi connectivity index (χ0v) is 6.30. The summed E-state index contributed by atoms with van der Waals surface area (Å²) in [7, 11) is 0. The van der Waals surface area contributed by atoms with Crippen molar-refractivity contribution in [1.82, 2.24) is 9.55 Å². The molecule has 12 heavy (non-hydrogen) atoms. The monoisotopic (exact) mass is 168 g/mol. The summed E-state index contributed by atoms with van der Waals surface area (Å²) in [6, 6.07) is 0. The van der Waals surface area contributed by atoms with Gasteiger partial charge in [-0.25, -0.2) is 4.98 Å². The molecule has 0 aromatic carbocycles. The SMILES string of the molecule is O=C(O)CC(=O)Cn1ccnc1. The highest BCUT2D eigenvalue weighted by Gasteiger charge is 2.07. The summed E-state index contributed by atoms with van der Waals surface area (Å²) in [5.74, 6) is -1.43. The van der Waals surface area contributed by atoms with E-state index < -0.39 is 12.4 Å². The lowest BCUT2D eigenvalue weighted by molar-refractivity contribution is -0.140. The molecule has 0 bridgehead atoms. The van der Waals surface area contributed by atoms with Gasteiger partial charge < -0.3 is 9.67 Å². The number of carboxylic acid groups (broad SMARTS) is 1. The van der Waals surface area contributed by atoms with Crippen molar-refractivity contribution in [1.29, 1.82) is 0 Å². The smallest absolute Gasteiger partial charge is 0.310 e. The minimum Gasteiger partial charge on any atom is -0.481 e. The average molecular weight is 168 g/mol. The van der Waals surface area contributed by atoms with Crippen LogP contribution in [0.1, 0.15) is 6.42 Å². The molecule has 0 atom stereocenters. The van der Waals surface area contributed by atoms with Crippen molar-refractivity contribution in [3.8, 4) is 0 Å². The quantitative estimate of drug-likeness (QED) is 0.638. The molecule has 0 spiro atoms. The van der Waals surface area contributed by atoms with Crippen LogP contribution in [0.4, 0.5) is 0 Å². The summed E-state index contributed by atoms with van der Waals surface area (Å²) in [5, 5.41) is 8.27. The molecule has 1 aromatic rings. The molecule has 5 heteroatoms. The van der Waals surface area contributed by atoms with Crippen LogP contribution in [0.3, 0.4) is 0 Å². The van der Waals surface area contributed by atoms with Crippen LogP contribution in [0, 0.1) is 0 Å². The molecule has 1 rings (SSSR count). The maximum Gasteiger partial charge on any atom is 0.310 e. The standard InChI is InChI=1S/C7H8N2O3/c10-6(3-7(11)12)4-9-2-1-8-5-9/h1-2,5H,3-4H2,(H,11,12). The maximum absolute atomic E-state index is 10.9. The molecule has 0 fully saturated rings. The number of aliphatic carboxylic acids is 1. The third-order valence-electron chi connectivity index (χ3n) is 1.27. The van der Waals surface area contributed by atoms with Crippen molar-refractivity contribution < 1.29 is 14.7 Å². The normalized spacial score (nSPS) is 9.67. The van der Waals surface area contributed by atoms with Gasteiger partial charge in [0, 0.05) is 12.4 Å². The first kappa shape index (κ1) is 8.45. The Bertz CT molecular complexity index is 279. The van der Waals surface area contributed by atoms with Gasteiger partial charge in [-0.15, -0.1) is 0 Å². The van der Waals surface area contributed by atoms with Crippen LogP contribution in [0.25, 0.3) is 0 Å². The Labute approximate surface area is 68.6 Å². The number of nitrogens with zero attached hydrogens (tertiary/aromatic N) is 2. The zero-order chi connectivity index (χ0) is 8.97. The van der Waals surface area contributed by atoms with E-state index in [0.29, 0.717) is 0 Å². The predicted molar refractivity (Wildman–Crippen MR) is 39.5 cm³/mol. The molecule has 1 N–H and O–H groups in total. The molecule has 64 valence electrons. The third kappa shape index (κ3) is 2.53. The van der Waals surface area contributed by atoms with E-state index in [9.17, 15) is 9.59 Å². The van der Waals surface area contributed by atoms with Gasteiger partial charge in [0.1, 0.15) is 6.42 Å². The van der Waals surface area contributed by atoms with Gasteiger partial charge in [0.05, 0.1) is 12.9 Å². The summed E-state index contributed by atoms with van der Waals surface area (Å²) >= 11 is 0. The molecule has 0 saturated heterocycles. The molecule has 1 aromatic heterocycles. The van der Waals surface area contributed by atoms with Crippen molar-refractivity contribution in [3.05, 3.63) is 18.7 Å². The lowest BCUT2D eigenvalue weighted by Crippen LogP contribution is -2.12. The number of carboxylic acids is 1. The molecule has 0 saturated carbocycles. The Morgan fingerprint density at radius 1 is 1.50 bits per heavy atom. The topological polar surface area (TPSA) is 72.2 Å². The second-order valence-electron chi connectivity index (χ2n) is 2.34. The number of aromatic nitrogens is 2. The third-order valence-corrected chi connectivity index (χ3v) is 1.27. The van der Waals surface area contributed by atoms with Gasteiger partial charge in [-0.1, -0.05) is 0 Å². The molecule has 0 aliphatic rings. The van der Waals surface area contributed by atoms with E-state index in [1.165, 1.54) is 17.1 Å². The van der Waals surface area contributed by atoms with Crippen LogP contribution in [0.15, 0.2) is 18.7 Å². The Balaban J connectivity index is 2.42. The van der Waals surface area contributed by atoms with Gasteiger partial charge in [0.25, 0.3) is 0 Å². The van der Waals surface area contributed by atoms with E-state index in [-0.39, 0.29) is 12.3 Å². The summed E-state index contributed by atoms with van der Waals surface area (Å²) in [6.07, 6.45) is 4.19. The lowest BCUT2D eigenvalue weighted by Gasteiger charge is -1.97. The van der Waals surface area contributed by atoms with Gasteiger partial charge in [0.2, 0.25) is 0 Å². The largest absolute Gasteiger partial charge is 0.481 e. The number of carbonyl (C=O) groups excluding carboxylic acids is 1. The first-order chi connectivity index (χ1) is 5.68. The minimum atomic E-state index is -1.10. The molecule has 5 nitrogen and oxygen atoms in total. The number of rotatable bonds is 4. The molecular weight excluding hydrogens is 160 g/mol. The van der Waals surface area contributed by atoms with Crippen LogP contribution in [0.2, 0.25) is 0 Å². The molecule has 0 aliphatic carbocycles. The molecule has 0 aliphatic heterocycles. The van der Waals surface area contributed by atoms with E-state index in [4.69, 9.17) is 5.11 Å². The van der Waals surface area contributed by atoms with Gasteiger partial charge >= 0.3 is 5.97 Å². The van der Waals surface area contributed by atoms with Crippen LogP contribution < -0.4 is 0 Å². The predicted octanol–water partition coefficient (Wildman–Crippen LogP) is -0.0731. The van der Waals surface area contributed by atoms with Crippen molar-refractivity contribution in [2.75, 3.05) is 0 Å². The van der Waals surface area contributed by atoms with E-state index >= 15 is 0 Å². The Morgan fingerprint density at radius 3 is 2.75 bits per heavy atom. The first-order valence-corrected chi connectivity index (χ1v) is 3.37. The number of imidazole rings is 1. The number of ketones is 1. The summed E-state index contributed by atoms with van der Waals surface area (Å²) in [5.41, 5.74) is 0. The number of hydrogen-bond donors (Lipinski definition) is 1. The Morgan fingerprint density at radius 2 is 2.25 bits per heavy atom. The first-order valence-electron chi connectivity index (χ1n) is 3.37. The summed E-state index contributed by atoms with van der Waals surface area (Å²) < 4.78 is 1.53. The van der Waals surface area contributed by atoms with E-state index in [2.05, 4.69) is 4.98 Å². The van der Waals surface area contributed by atoms with Gasteiger partial charge in [-0.05, 0) is 0 Å². The van der Waals surface area contributed by atoms with Crippen molar-refractivity contribution in [3.63, 3.8) is 0 Å². The highest BCUT2D eigenvalue weighted by Crippen LogP contribution is 1.90. The molecule has 0 radical (unpaired) electrons. The average Bonchev–Trinajstić information content (AvgIpc) is 2.37. The van der Waals surface area contributed by atoms with Crippen molar-refractivity contribution >= 4 is 11.8 Å². The molecule has 1 heterocycles. The van der Waals surface area contributed by atoms with E-state index in [0.717, 1.165) is 0 Å². The van der Waals surface area contributed by atoms with Crippen LogP contribution >= 0.6 is 0 Å². The number of carbonyl (C=O) groups is 2. The van der Waals surface area contributed by atoms with Gasteiger partial charge in [0.15, 0.2) is 5.78 Å². The summed E-state index contributed by atoms with van der Waals surface area (Å²) in [6.45, 7) is 0.0757. The fraction of sp³-hybridized carbons (Fsp3) is 0.286. The van der Waals surface area contributed by atoms with E-state index in [1.54, 1.807) is 6.20 Å². The van der Waals surface area contributed by atoms with Crippen LogP contribution in [0.5, 0.6) is 0 Å². The second-order valence-corrected chi connectivity index (χ2v) is 2.34. The fourth-order valence-corrected chi connectivity index (χ4v) is 0.808. The number of hydrogen-bond acceptors (Lipinski definition) is 3. The second kappa shape index (κ2) is 3.66. The Hall–Kier alpha value is -1.65. The van der Waals surface area contributed by atoms with E-state index in [1.807, 2.05) is 0 Å². The molecule has 0 amide bonds. The van der Waals surface area contributed by atoms with Crippen molar-refractivity contribution in [2.24, 2.45) is 0 Å². The molecule has 0 unspecified atom stereocenters.